The van der Waals surface area contributed by atoms with E-state index in [4.69, 9.17) is 0 Å². The van der Waals surface area contributed by atoms with Crippen molar-refractivity contribution in [1.82, 2.24) is 0 Å². The summed E-state index contributed by atoms with van der Waals surface area (Å²) in [5.74, 6) is 2.98. The van der Waals surface area contributed by atoms with Crippen molar-refractivity contribution < 1.29 is 0 Å². The molecule has 0 saturated heterocycles. The van der Waals surface area contributed by atoms with Crippen LogP contribution in [0.15, 0.2) is 0 Å². The van der Waals surface area contributed by atoms with Gasteiger partial charge >= 0.3 is 0 Å². The molecule has 0 aromatic carbocycles. The molecule has 1 fully saturated rings. The van der Waals surface area contributed by atoms with Gasteiger partial charge in [-0.1, -0.05) is 27.2 Å². The van der Waals surface area contributed by atoms with Crippen molar-refractivity contribution in [2.75, 3.05) is 0 Å². The van der Waals surface area contributed by atoms with Crippen molar-refractivity contribution in [3.05, 3.63) is 0 Å². The lowest BCUT2D eigenvalue weighted by Crippen LogP contribution is -2.02. The molecule has 0 nitrogen and oxygen atoms in total. The molecule has 2 atom stereocenters. The van der Waals surface area contributed by atoms with E-state index in [1.807, 2.05) is 0 Å². The summed E-state index contributed by atoms with van der Waals surface area (Å²) in [4.78, 5) is 0. The molecule has 54 valence electrons. The molecule has 0 heteroatoms. The summed E-state index contributed by atoms with van der Waals surface area (Å²) in [7, 11) is 0. The summed E-state index contributed by atoms with van der Waals surface area (Å²) in [5.41, 5.74) is 0. The summed E-state index contributed by atoms with van der Waals surface area (Å²) >= 11 is 0. The van der Waals surface area contributed by atoms with Crippen molar-refractivity contribution >= 4 is 0 Å². The molecule has 1 saturated carbocycles. The van der Waals surface area contributed by atoms with Crippen LogP contribution in [0.2, 0.25) is 0 Å². The molecule has 1 unspecified atom stereocenters. The Balaban J connectivity index is 2.30. The third kappa shape index (κ3) is 1.70. The van der Waals surface area contributed by atoms with Crippen LogP contribution in [0.5, 0.6) is 0 Å². The van der Waals surface area contributed by atoms with Gasteiger partial charge in [0.2, 0.25) is 0 Å². The molecule has 1 aliphatic rings. The quantitative estimate of drug-likeness (QED) is 0.506. The average Bonchev–Trinajstić information content (AvgIpc) is 2.14. The molecule has 0 aromatic rings. The van der Waals surface area contributed by atoms with Gasteiger partial charge in [-0.2, -0.15) is 0 Å². The molecule has 0 bridgehead atoms. The van der Waals surface area contributed by atoms with Gasteiger partial charge < -0.3 is 0 Å². The van der Waals surface area contributed by atoms with E-state index in [9.17, 15) is 0 Å². The minimum Gasteiger partial charge on any atom is -0.0625 e. The molecular weight excluding hydrogens is 108 g/mol. The normalized spacial score (nSPS) is 36.0. The lowest BCUT2D eigenvalue weighted by Gasteiger charge is -2.12. The zero-order valence-electron chi connectivity index (χ0n) is 6.85. The molecule has 0 radical (unpaired) electrons. The average molecular weight is 126 g/mol. The molecule has 0 aliphatic heterocycles. The Morgan fingerprint density at radius 1 is 1.22 bits per heavy atom. The first-order chi connectivity index (χ1) is 4.20. The molecular formula is C9H18. The van der Waals surface area contributed by atoms with E-state index < -0.39 is 0 Å². The highest BCUT2D eigenvalue weighted by Gasteiger charge is 2.23. The topological polar surface area (TPSA) is 0 Å². The SMILES string of the molecule is CC(C)C1CC[C@H](C)C1. The maximum absolute atomic E-state index is 2.38. The fraction of sp³-hybridized carbons (Fsp3) is 1.00. The largest absolute Gasteiger partial charge is 0.0625 e. The first-order valence-corrected chi connectivity index (χ1v) is 4.20. The summed E-state index contributed by atoms with van der Waals surface area (Å²) in [6, 6.07) is 0. The van der Waals surface area contributed by atoms with Crippen LogP contribution in [0.3, 0.4) is 0 Å². The molecule has 0 N–H and O–H groups in total. The maximum atomic E-state index is 2.38. The van der Waals surface area contributed by atoms with E-state index >= 15 is 0 Å². The molecule has 1 rings (SSSR count). The van der Waals surface area contributed by atoms with Gasteiger partial charge in [-0.3, -0.25) is 0 Å². The van der Waals surface area contributed by atoms with Gasteiger partial charge in [-0.05, 0) is 30.6 Å². The third-order valence-electron chi connectivity index (χ3n) is 2.68. The number of hydrogen-bond acceptors (Lipinski definition) is 0. The summed E-state index contributed by atoms with van der Waals surface area (Å²) in [6.45, 7) is 7.08. The van der Waals surface area contributed by atoms with Gasteiger partial charge in [0.25, 0.3) is 0 Å². The highest BCUT2D eigenvalue weighted by atomic mass is 14.3. The highest BCUT2D eigenvalue weighted by Crippen LogP contribution is 2.34. The predicted molar refractivity (Wildman–Crippen MR) is 41.3 cm³/mol. The van der Waals surface area contributed by atoms with Crippen LogP contribution in [-0.2, 0) is 0 Å². The van der Waals surface area contributed by atoms with E-state index in [-0.39, 0.29) is 0 Å². The zero-order chi connectivity index (χ0) is 6.85. The van der Waals surface area contributed by atoms with Crippen molar-refractivity contribution in [2.24, 2.45) is 17.8 Å². The van der Waals surface area contributed by atoms with E-state index in [0.29, 0.717) is 0 Å². The van der Waals surface area contributed by atoms with Crippen molar-refractivity contribution in [1.29, 1.82) is 0 Å². The smallest absolute Gasteiger partial charge is 0.0388 e. The Labute approximate surface area is 58.7 Å². The van der Waals surface area contributed by atoms with Crippen LogP contribution >= 0.6 is 0 Å². The highest BCUT2D eigenvalue weighted by molar-refractivity contribution is 4.74. The lowest BCUT2D eigenvalue weighted by atomic mass is 9.94. The monoisotopic (exact) mass is 126 g/mol. The van der Waals surface area contributed by atoms with E-state index in [1.165, 1.54) is 19.3 Å². The zero-order valence-corrected chi connectivity index (χ0v) is 6.85. The van der Waals surface area contributed by atoms with Crippen LogP contribution in [0.4, 0.5) is 0 Å². The Morgan fingerprint density at radius 2 is 1.89 bits per heavy atom. The minimum atomic E-state index is 0.926. The van der Waals surface area contributed by atoms with Gasteiger partial charge in [-0.25, -0.2) is 0 Å². The first kappa shape index (κ1) is 7.11. The number of hydrogen-bond donors (Lipinski definition) is 0. The van der Waals surface area contributed by atoms with Crippen LogP contribution in [0.25, 0.3) is 0 Å². The van der Waals surface area contributed by atoms with Gasteiger partial charge in [0.1, 0.15) is 0 Å². The van der Waals surface area contributed by atoms with Crippen molar-refractivity contribution in [3.63, 3.8) is 0 Å². The standard InChI is InChI=1S/C9H18/c1-7(2)9-5-4-8(3)6-9/h7-9H,4-6H2,1-3H3/t8-,9?/m0/s1. The minimum absolute atomic E-state index is 0.926. The van der Waals surface area contributed by atoms with Crippen molar-refractivity contribution in [3.8, 4) is 0 Å². The fourth-order valence-electron chi connectivity index (χ4n) is 1.86. The molecule has 0 amide bonds. The first-order valence-electron chi connectivity index (χ1n) is 4.20. The van der Waals surface area contributed by atoms with Crippen LogP contribution in [0.1, 0.15) is 40.0 Å². The molecule has 0 heterocycles. The Morgan fingerprint density at radius 3 is 2.11 bits per heavy atom. The fourth-order valence-corrected chi connectivity index (χ4v) is 1.86. The van der Waals surface area contributed by atoms with Gasteiger partial charge in [0, 0.05) is 0 Å². The van der Waals surface area contributed by atoms with E-state index in [2.05, 4.69) is 20.8 Å². The molecule has 0 spiro atoms. The summed E-state index contributed by atoms with van der Waals surface area (Å²) < 4.78 is 0. The number of rotatable bonds is 1. The Hall–Kier alpha value is 0. The second-order valence-corrected chi connectivity index (χ2v) is 3.92. The van der Waals surface area contributed by atoms with Crippen LogP contribution < -0.4 is 0 Å². The van der Waals surface area contributed by atoms with Gasteiger partial charge in [0.15, 0.2) is 0 Å². The second-order valence-electron chi connectivity index (χ2n) is 3.92. The van der Waals surface area contributed by atoms with E-state index in [1.54, 1.807) is 0 Å². The van der Waals surface area contributed by atoms with Crippen LogP contribution in [-0.4, -0.2) is 0 Å². The van der Waals surface area contributed by atoms with Crippen molar-refractivity contribution in [2.45, 2.75) is 40.0 Å². The molecule has 1 aliphatic carbocycles. The summed E-state index contributed by atoms with van der Waals surface area (Å²) in [5, 5.41) is 0. The van der Waals surface area contributed by atoms with Crippen LogP contribution in [0, 0.1) is 17.8 Å². The van der Waals surface area contributed by atoms with Gasteiger partial charge in [-0.15, -0.1) is 0 Å². The molecule has 9 heavy (non-hydrogen) atoms. The molecule has 0 aromatic heterocycles. The van der Waals surface area contributed by atoms with Gasteiger partial charge in [0.05, 0.1) is 0 Å². The second kappa shape index (κ2) is 2.72. The third-order valence-corrected chi connectivity index (χ3v) is 2.68. The summed E-state index contributed by atoms with van der Waals surface area (Å²) in [6.07, 6.45) is 4.44. The Kier molecular flexibility index (Phi) is 2.15. The van der Waals surface area contributed by atoms with E-state index in [0.717, 1.165) is 17.8 Å². The maximum Gasteiger partial charge on any atom is -0.0388 e. The lowest BCUT2D eigenvalue weighted by molar-refractivity contribution is 0.384. The Bertz CT molecular complexity index is 84.0. The predicted octanol–water partition coefficient (Wildman–Crippen LogP) is 3.08.